The SMILES string of the molecule is CCN(CC#N)C(=O)C1=NOC(c2ccccc2)C1. The molecule has 1 aromatic carbocycles. The molecule has 0 bridgehead atoms. The quantitative estimate of drug-likeness (QED) is 0.773. The smallest absolute Gasteiger partial charge is 0.272 e. The van der Waals surface area contributed by atoms with Gasteiger partial charge in [-0.25, -0.2) is 0 Å². The molecule has 98 valence electrons. The third kappa shape index (κ3) is 2.91. The first-order chi connectivity index (χ1) is 9.26. The molecule has 5 heteroatoms. The molecular formula is C14H15N3O2. The van der Waals surface area contributed by atoms with Crippen molar-refractivity contribution in [2.45, 2.75) is 19.4 Å². The predicted molar refractivity (Wildman–Crippen MR) is 70.2 cm³/mol. The minimum absolute atomic E-state index is 0.0738. The summed E-state index contributed by atoms with van der Waals surface area (Å²) >= 11 is 0. The summed E-state index contributed by atoms with van der Waals surface area (Å²) in [6, 6.07) is 11.6. The van der Waals surface area contributed by atoms with Gasteiger partial charge in [-0.2, -0.15) is 5.26 Å². The Kier molecular flexibility index (Phi) is 4.14. The van der Waals surface area contributed by atoms with E-state index < -0.39 is 0 Å². The van der Waals surface area contributed by atoms with Crippen molar-refractivity contribution in [3.05, 3.63) is 35.9 Å². The van der Waals surface area contributed by atoms with Crippen LogP contribution in [0.3, 0.4) is 0 Å². The summed E-state index contributed by atoms with van der Waals surface area (Å²) in [5.41, 5.74) is 1.38. The summed E-state index contributed by atoms with van der Waals surface area (Å²) < 4.78 is 0. The van der Waals surface area contributed by atoms with Crippen LogP contribution in [0.4, 0.5) is 0 Å². The van der Waals surface area contributed by atoms with Crippen LogP contribution < -0.4 is 0 Å². The first-order valence-electron chi connectivity index (χ1n) is 6.20. The van der Waals surface area contributed by atoms with E-state index in [0.29, 0.717) is 18.7 Å². The van der Waals surface area contributed by atoms with Crippen molar-refractivity contribution in [3.63, 3.8) is 0 Å². The fourth-order valence-electron chi connectivity index (χ4n) is 1.95. The second-order valence-electron chi connectivity index (χ2n) is 4.22. The van der Waals surface area contributed by atoms with Crippen LogP contribution in [0, 0.1) is 11.3 Å². The molecule has 1 aromatic rings. The summed E-state index contributed by atoms with van der Waals surface area (Å²) in [7, 11) is 0. The fourth-order valence-corrected chi connectivity index (χ4v) is 1.95. The molecule has 0 spiro atoms. The van der Waals surface area contributed by atoms with E-state index in [0.717, 1.165) is 5.56 Å². The van der Waals surface area contributed by atoms with Crippen molar-refractivity contribution in [2.75, 3.05) is 13.1 Å². The van der Waals surface area contributed by atoms with Gasteiger partial charge in [-0.1, -0.05) is 35.5 Å². The molecule has 0 fully saturated rings. The van der Waals surface area contributed by atoms with Gasteiger partial charge in [-0.15, -0.1) is 0 Å². The molecule has 1 heterocycles. The molecule has 1 unspecified atom stereocenters. The Hall–Kier alpha value is -2.35. The Morgan fingerprint density at radius 3 is 2.89 bits per heavy atom. The first kappa shape index (κ1) is 13.1. The molecule has 0 saturated carbocycles. The van der Waals surface area contributed by atoms with Gasteiger partial charge in [-0.05, 0) is 12.5 Å². The molecule has 0 aromatic heterocycles. The standard InChI is InChI=1S/C14H15N3O2/c1-2-17(9-8-15)14(18)12-10-13(19-16-12)11-6-4-3-5-7-11/h3-7,13H,2,9-10H2,1H3. The van der Waals surface area contributed by atoms with Crippen molar-refractivity contribution in [1.82, 2.24) is 4.90 Å². The summed E-state index contributed by atoms with van der Waals surface area (Å²) in [5, 5.41) is 12.5. The van der Waals surface area contributed by atoms with E-state index in [1.807, 2.05) is 43.3 Å². The van der Waals surface area contributed by atoms with Gasteiger partial charge < -0.3 is 9.74 Å². The van der Waals surface area contributed by atoms with Crippen LogP contribution in [0.1, 0.15) is 25.0 Å². The van der Waals surface area contributed by atoms with Crippen LogP contribution in [0.15, 0.2) is 35.5 Å². The lowest BCUT2D eigenvalue weighted by atomic mass is 10.0. The predicted octanol–water partition coefficient (Wildman–Crippen LogP) is 1.88. The van der Waals surface area contributed by atoms with Crippen LogP contribution in [-0.4, -0.2) is 29.6 Å². The highest BCUT2D eigenvalue weighted by Gasteiger charge is 2.29. The second kappa shape index (κ2) is 6.01. The fraction of sp³-hybridized carbons (Fsp3) is 0.357. The third-order valence-electron chi connectivity index (χ3n) is 3.02. The average Bonchev–Trinajstić information content (AvgIpc) is 2.95. The van der Waals surface area contributed by atoms with Gasteiger partial charge >= 0.3 is 0 Å². The van der Waals surface area contributed by atoms with E-state index in [4.69, 9.17) is 10.1 Å². The number of hydrogen-bond acceptors (Lipinski definition) is 4. The van der Waals surface area contributed by atoms with Crippen molar-refractivity contribution < 1.29 is 9.63 Å². The van der Waals surface area contributed by atoms with E-state index >= 15 is 0 Å². The molecule has 1 atom stereocenters. The lowest BCUT2D eigenvalue weighted by Gasteiger charge is -2.16. The molecule has 1 aliphatic heterocycles. The average molecular weight is 257 g/mol. The highest BCUT2D eigenvalue weighted by Crippen LogP contribution is 2.27. The number of nitriles is 1. The molecule has 0 radical (unpaired) electrons. The molecule has 5 nitrogen and oxygen atoms in total. The van der Waals surface area contributed by atoms with Crippen molar-refractivity contribution in [3.8, 4) is 6.07 Å². The van der Waals surface area contributed by atoms with Crippen LogP contribution in [0.5, 0.6) is 0 Å². The normalized spacial score (nSPS) is 17.3. The minimum Gasteiger partial charge on any atom is -0.387 e. The highest BCUT2D eigenvalue weighted by atomic mass is 16.6. The Morgan fingerprint density at radius 2 is 2.26 bits per heavy atom. The number of carbonyl (C=O) groups is 1. The van der Waals surface area contributed by atoms with Crippen molar-refractivity contribution >= 4 is 11.6 Å². The Labute approximate surface area is 112 Å². The molecule has 19 heavy (non-hydrogen) atoms. The maximum atomic E-state index is 12.1. The number of carbonyl (C=O) groups excluding carboxylic acids is 1. The zero-order valence-corrected chi connectivity index (χ0v) is 10.7. The summed E-state index contributed by atoms with van der Waals surface area (Å²) in [6.45, 7) is 2.39. The Morgan fingerprint density at radius 1 is 1.53 bits per heavy atom. The maximum Gasteiger partial charge on any atom is 0.272 e. The van der Waals surface area contributed by atoms with E-state index in [1.165, 1.54) is 4.90 Å². The van der Waals surface area contributed by atoms with E-state index in [-0.39, 0.29) is 18.6 Å². The lowest BCUT2D eigenvalue weighted by Crippen LogP contribution is -2.36. The molecule has 1 amide bonds. The minimum atomic E-state index is -0.220. The lowest BCUT2D eigenvalue weighted by molar-refractivity contribution is -0.123. The number of hydrogen-bond donors (Lipinski definition) is 0. The summed E-state index contributed by atoms with van der Waals surface area (Å²) in [5.74, 6) is -0.220. The number of benzene rings is 1. The largest absolute Gasteiger partial charge is 0.387 e. The zero-order valence-electron chi connectivity index (χ0n) is 10.7. The molecule has 0 saturated heterocycles. The first-order valence-corrected chi connectivity index (χ1v) is 6.20. The molecule has 1 aliphatic rings. The van der Waals surface area contributed by atoms with Gasteiger partial charge in [-0.3, -0.25) is 4.79 Å². The number of oxime groups is 1. The van der Waals surface area contributed by atoms with E-state index in [2.05, 4.69) is 5.16 Å². The molecule has 0 aliphatic carbocycles. The summed E-state index contributed by atoms with van der Waals surface area (Å²) in [6.07, 6.45) is 0.242. The van der Waals surface area contributed by atoms with Crippen LogP contribution >= 0.6 is 0 Å². The third-order valence-corrected chi connectivity index (χ3v) is 3.02. The van der Waals surface area contributed by atoms with E-state index in [1.54, 1.807) is 0 Å². The number of amides is 1. The highest BCUT2D eigenvalue weighted by molar-refractivity contribution is 6.39. The van der Waals surface area contributed by atoms with E-state index in [9.17, 15) is 4.79 Å². The van der Waals surface area contributed by atoms with Crippen LogP contribution in [-0.2, 0) is 9.63 Å². The zero-order chi connectivity index (χ0) is 13.7. The van der Waals surface area contributed by atoms with Gasteiger partial charge in [0.2, 0.25) is 0 Å². The number of rotatable bonds is 4. The second-order valence-corrected chi connectivity index (χ2v) is 4.22. The van der Waals surface area contributed by atoms with Gasteiger partial charge in [0.05, 0.1) is 6.07 Å². The topological polar surface area (TPSA) is 65.7 Å². The molecule has 0 N–H and O–H groups in total. The van der Waals surface area contributed by atoms with Gasteiger partial charge in [0.1, 0.15) is 12.3 Å². The van der Waals surface area contributed by atoms with Gasteiger partial charge in [0, 0.05) is 13.0 Å². The monoisotopic (exact) mass is 257 g/mol. The molecular weight excluding hydrogens is 242 g/mol. The maximum absolute atomic E-state index is 12.1. The van der Waals surface area contributed by atoms with Crippen LogP contribution in [0.25, 0.3) is 0 Å². The summed E-state index contributed by atoms with van der Waals surface area (Å²) in [4.78, 5) is 18.9. The molecule has 2 rings (SSSR count). The number of nitrogens with zero attached hydrogens (tertiary/aromatic N) is 3. The van der Waals surface area contributed by atoms with Gasteiger partial charge in [0.15, 0.2) is 6.10 Å². The Bertz CT molecular complexity index is 519. The van der Waals surface area contributed by atoms with Crippen molar-refractivity contribution in [1.29, 1.82) is 5.26 Å². The Balaban J connectivity index is 2.02. The van der Waals surface area contributed by atoms with Gasteiger partial charge in [0.25, 0.3) is 5.91 Å². The van der Waals surface area contributed by atoms with Crippen molar-refractivity contribution in [2.24, 2.45) is 5.16 Å². The van der Waals surface area contributed by atoms with Crippen LogP contribution in [0.2, 0.25) is 0 Å².